The number of nitrogens with one attached hydrogen (secondary N) is 2. The van der Waals surface area contributed by atoms with Gasteiger partial charge in [0.25, 0.3) is 0 Å². The molecule has 22 heavy (non-hydrogen) atoms. The highest BCUT2D eigenvalue weighted by molar-refractivity contribution is 5.90. The average molecular weight is 300 g/mol. The summed E-state index contributed by atoms with van der Waals surface area (Å²) in [6.07, 6.45) is 0. The molecule has 0 aliphatic carbocycles. The number of aromatic hydroxyl groups is 1. The molecule has 0 saturated heterocycles. The van der Waals surface area contributed by atoms with Crippen molar-refractivity contribution in [3.05, 3.63) is 53.1 Å². The van der Waals surface area contributed by atoms with Crippen LogP contribution in [0.3, 0.4) is 0 Å². The fourth-order valence-corrected chi connectivity index (χ4v) is 1.98. The van der Waals surface area contributed by atoms with Gasteiger partial charge in [0.15, 0.2) is 6.73 Å². The molecule has 5 nitrogen and oxygen atoms in total. The molecule has 5 heteroatoms. The SMILES string of the molecule is Cc1ccc(O)c(NC(=O)NCOc2cccc(C)c2C)c1. The predicted octanol–water partition coefficient (Wildman–Crippen LogP) is 3.48. The molecule has 0 unspecified atom stereocenters. The molecule has 0 bridgehead atoms. The molecule has 0 atom stereocenters. The molecule has 0 fully saturated rings. The molecule has 0 aliphatic rings. The Morgan fingerprint density at radius 2 is 1.95 bits per heavy atom. The summed E-state index contributed by atoms with van der Waals surface area (Å²) < 4.78 is 5.55. The fraction of sp³-hybridized carbons (Fsp3) is 0.235. The van der Waals surface area contributed by atoms with E-state index in [1.165, 1.54) is 6.07 Å². The number of carbonyl (C=O) groups is 1. The number of urea groups is 1. The van der Waals surface area contributed by atoms with Crippen LogP contribution in [0.2, 0.25) is 0 Å². The number of amides is 2. The number of benzene rings is 2. The van der Waals surface area contributed by atoms with Crippen LogP contribution in [0.25, 0.3) is 0 Å². The van der Waals surface area contributed by atoms with Crippen LogP contribution in [-0.2, 0) is 0 Å². The quantitative estimate of drug-likeness (QED) is 0.598. The molecule has 3 N–H and O–H groups in total. The fourth-order valence-electron chi connectivity index (χ4n) is 1.98. The number of carbonyl (C=O) groups excluding carboxylic acids is 1. The van der Waals surface area contributed by atoms with Crippen LogP contribution < -0.4 is 15.4 Å². The Morgan fingerprint density at radius 3 is 2.73 bits per heavy atom. The number of hydrogen-bond donors (Lipinski definition) is 3. The Balaban J connectivity index is 1.88. The number of anilines is 1. The van der Waals surface area contributed by atoms with Gasteiger partial charge in [-0.3, -0.25) is 0 Å². The van der Waals surface area contributed by atoms with Gasteiger partial charge < -0.3 is 20.5 Å². The zero-order valence-electron chi connectivity index (χ0n) is 12.9. The van der Waals surface area contributed by atoms with Crippen LogP contribution in [0.15, 0.2) is 36.4 Å². The second-order valence-corrected chi connectivity index (χ2v) is 5.14. The maximum Gasteiger partial charge on any atom is 0.321 e. The first kappa shape index (κ1) is 15.7. The van der Waals surface area contributed by atoms with Gasteiger partial charge in [0.05, 0.1) is 5.69 Å². The van der Waals surface area contributed by atoms with Gasteiger partial charge in [0.2, 0.25) is 0 Å². The maximum absolute atomic E-state index is 11.8. The summed E-state index contributed by atoms with van der Waals surface area (Å²) in [7, 11) is 0. The minimum atomic E-state index is -0.439. The largest absolute Gasteiger partial charge is 0.506 e. The number of ether oxygens (including phenoxy) is 1. The Morgan fingerprint density at radius 1 is 1.18 bits per heavy atom. The molecular formula is C17H20N2O3. The summed E-state index contributed by atoms with van der Waals surface area (Å²) in [6.45, 7) is 5.90. The summed E-state index contributed by atoms with van der Waals surface area (Å²) in [4.78, 5) is 11.8. The highest BCUT2D eigenvalue weighted by Gasteiger charge is 2.07. The van der Waals surface area contributed by atoms with Gasteiger partial charge in [-0.25, -0.2) is 4.79 Å². The number of aryl methyl sites for hydroxylation is 2. The van der Waals surface area contributed by atoms with Crippen LogP contribution >= 0.6 is 0 Å². The van der Waals surface area contributed by atoms with Gasteiger partial charge in [0.1, 0.15) is 11.5 Å². The van der Waals surface area contributed by atoms with Crippen LogP contribution in [-0.4, -0.2) is 17.9 Å². The minimum absolute atomic E-state index is 0.0243. The van der Waals surface area contributed by atoms with Crippen molar-refractivity contribution in [2.75, 3.05) is 12.0 Å². The molecule has 2 aromatic carbocycles. The molecule has 2 rings (SSSR count). The van der Waals surface area contributed by atoms with Gasteiger partial charge in [0, 0.05) is 0 Å². The first-order chi connectivity index (χ1) is 10.5. The highest BCUT2D eigenvalue weighted by atomic mass is 16.5. The van der Waals surface area contributed by atoms with E-state index in [1.54, 1.807) is 12.1 Å². The number of phenols is 1. The Bertz CT molecular complexity index is 684. The second kappa shape index (κ2) is 6.85. The van der Waals surface area contributed by atoms with E-state index in [0.717, 1.165) is 22.4 Å². The third kappa shape index (κ3) is 3.91. The van der Waals surface area contributed by atoms with Gasteiger partial charge in [-0.15, -0.1) is 0 Å². The summed E-state index contributed by atoms with van der Waals surface area (Å²) in [5.74, 6) is 0.759. The van der Waals surface area contributed by atoms with E-state index in [4.69, 9.17) is 4.74 Å². The van der Waals surface area contributed by atoms with E-state index in [1.807, 2.05) is 39.0 Å². The van der Waals surface area contributed by atoms with Crippen molar-refractivity contribution < 1.29 is 14.6 Å². The average Bonchev–Trinajstić information content (AvgIpc) is 2.47. The summed E-state index contributed by atoms with van der Waals surface area (Å²) in [5, 5.41) is 14.9. The first-order valence-electron chi connectivity index (χ1n) is 7.01. The van der Waals surface area contributed by atoms with Crippen molar-refractivity contribution in [3.8, 4) is 11.5 Å². The van der Waals surface area contributed by atoms with E-state index < -0.39 is 6.03 Å². The zero-order chi connectivity index (χ0) is 16.1. The lowest BCUT2D eigenvalue weighted by Crippen LogP contribution is -2.32. The van der Waals surface area contributed by atoms with E-state index >= 15 is 0 Å². The second-order valence-electron chi connectivity index (χ2n) is 5.14. The smallest absolute Gasteiger partial charge is 0.321 e. The Hall–Kier alpha value is -2.69. The first-order valence-corrected chi connectivity index (χ1v) is 7.01. The van der Waals surface area contributed by atoms with E-state index in [2.05, 4.69) is 10.6 Å². The normalized spacial score (nSPS) is 10.1. The Labute approximate surface area is 129 Å². The lowest BCUT2D eigenvalue weighted by molar-refractivity contribution is 0.234. The molecule has 0 radical (unpaired) electrons. The third-order valence-corrected chi connectivity index (χ3v) is 3.42. The Kier molecular flexibility index (Phi) is 4.88. The van der Waals surface area contributed by atoms with Crippen LogP contribution in [0.1, 0.15) is 16.7 Å². The molecule has 0 saturated carbocycles. The summed E-state index contributed by atoms with van der Waals surface area (Å²) in [5.41, 5.74) is 3.48. The van der Waals surface area contributed by atoms with Gasteiger partial charge in [-0.1, -0.05) is 18.2 Å². The van der Waals surface area contributed by atoms with E-state index in [-0.39, 0.29) is 12.5 Å². The molecule has 0 spiro atoms. The zero-order valence-corrected chi connectivity index (χ0v) is 12.9. The van der Waals surface area contributed by atoms with Gasteiger partial charge >= 0.3 is 6.03 Å². The lowest BCUT2D eigenvalue weighted by atomic mass is 10.1. The van der Waals surface area contributed by atoms with Crippen molar-refractivity contribution >= 4 is 11.7 Å². The van der Waals surface area contributed by atoms with Gasteiger partial charge in [-0.2, -0.15) is 0 Å². The van der Waals surface area contributed by atoms with Gasteiger partial charge in [-0.05, 0) is 55.7 Å². The highest BCUT2D eigenvalue weighted by Crippen LogP contribution is 2.23. The molecule has 0 aromatic heterocycles. The van der Waals surface area contributed by atoms with Crippen molar-refractivity contribution in [1.82, 2.24) is 5.32 Å². The van der Waals surface area contributed by atoms with Crippen molar-refractivity contribution in [1.29, 1.82) is 0 Å². The van der Waals surface area contributed by atoms with Crippen molar-refractivity contribution in [2.24, 2.45) is 0 Å². The standard InChI is InChI=1S/C17H20N2O3/c1-11-7-8-15(20)14(9-11)19-17(21)18-10-22-16-6-4-5-12(2)13(16)3/h4-9,20H,10H2,1-3H3,(H2,18,19,21). The van der Waals surface area contributed by atoms with Crippen LogP contribution in [0.5, 0.6) is 11.5 Å². The molecule has 2 amide bonds. The maximum atomic E-state index is 11.8. The monoisotopic (exact) mass is 300 g/mol. The molecule has 116 valence electrons. The molecular weight excluding hydrogens is 280 g/mol. The van der Waals surface area contributed by atoms with Crippen molar-refractivity contribution in [2.45, 2.75) is 20.8 Å². The number of rotatable bonds is 4. The van der Waals surface area contributed by atoms with Crippen LogP contribution in [0.4, 0.5) is 10.5 Å². The molecule has 0 aliphatic heterocycles. The van der Waals surface area contributed by atoms with E-state index in [9.17, 15) is 9.90 Å². The summed E-state index contributed by atoms with van der Waals surface area (Å²) >= 11 is 0. The summed E-state index contributed by atoms with van der Waals surface area (Å²) in [6, 6.07) is 10.3. The number of phenolic OH excluding ortho intramolecular Hbond substituents is 1. The van der Waals surface area contributed by atoms with Crippen molar-refractivity contribution in [3.63, 3.8) is 0 Å². The number of hydrogen-bond acceptors (Lipinski definition) is 3. The molecule has 2 aromatic rings. The van der Waals surface area contributed by atoms with Crippen LogP contribution in [0, 0.1) is 20.8 Å². The van der Waals surface area contributed by atoms with E-state index in [0.29, 0.717) is 5.69 Å². The predicted molar refractivity (Wildman–Crippen MR) is 86.4 cm³/mol. The third-order valence-electron chi connectivity index (χ3n) is 3.42. The molecule has 0 heterocycles. The lowest BCUT2D eigenvalue weighted by Gasteiger charge is -2.13. The minimum Gasteiger partial charge on any atom is -0.506 e. The topological polar surface area (TPSA) is 70.6 Å².